The smallest absolute Gasteiger partial charge is 0.214 e. The van der Waals surface area contributed by atoms with E-state index in [9.17, 15) is 4.79 Å². The van der Waals surface area contributed by atoms with Crippen LogP contribution >= 0.6 is 15.9 Å². The predicted octanol–water partition coefficient (Wildman–Crippen LogP) is 2.43. The lowest BCUT2D eigenvalue weighted by atomic mass is 10.3. The van der Waals surface area contributed by atoms with Gasteiger partial charge in [0, 0.05) is 11.0 Å². The van der Waals surface area contributed by atoms with Gasteiger partial charge in [-0.15, -0.1) is 0 Å². The largest absolute Gasteiger partial charge is 0.314 e. The highest BCUT2D eigenvalue weighted by Crippen LogP contribution is 2.24. The average Bonchev–Trinajstić information content (AvgIpc) is 2.10. The monoisotopic (exact) mass is 227 g/mol. The molecule has 2 nitrogen and oxygen atoms in total. The Balaban J connectivity index is 3.00. The van der Waals surface area contributed by atoms with Crippen LogP contribution in [-0.2, 0) is 4.79 Å². The molecule has 0 bridgehead atoms. The van der Waals surface area contributed by atoms with Crippen molar-refractivity contribution >= 4 is 28.0 Å². The fraction of sp³-hybridized carbons (Fsp3) is 0.222. The molecule has 0 aliphatic rings. The quantitative estimate of drug-likeness (QED) is 0.727. The molecule has 1 amide bonds. The number of nitrogens with zero attached hydrogens (tertiary/aromatic N) is 1. The zero-order chi connectivity index (χ0) is 8.97. The van der Waals surface area contributed by atoms with E-state index in [0.717, 1.165) is 16.6 Å². The first-order valence-electron chi connectivity index (χ1n) is 3.76. The topological polar surface area (TPSA) is 20.3 Å². The van der Waals surface area contributed by atoms with Crippen LogP contribution in [0, 0.1) is 0 Å². The number of carbonyl (C=O) groups excluding carboxylic acids is 1. The highest BCUT2D eigenvalue weighted by Gasteiger charge is 2.04. The first-order chi connectivity index (χ1) is 5.79. The van der Waals surface area contributed by atoms with Crippen LogP contribution in [0.3, 0.4) is 0 Å². The molecule has 1 aromatic rings. The van der Waals surface area contributed by atoms with Gasteiger partial charge in [-0.1, -0.05) is 12.1 Å². The van der Waals surface area contributed by atoms with Crippen LogP contribution in [0.15, 0.2) is 28.7 Å². The number of para-hydroxylation sites is 1. The SMILES string of the molecule is CCN(C=O)c1ccccc1Br. The normalized spacial score (nSPS) is 9.50. The minimum absolute atomic E-state index is 0.687. The highest BCUT2D eigenvalue weighted by atomic mass is 79.9. The lowest BCUT2D eigenvalue weighted by molar-refractivity contribution is -0.107. The second-order valence-corrected chi connectivity index (χ2v) is 3.20. The Morgan fingerprint density at radius 1 is 1.50 bits per heavy atom. The van der Waals surface area contributed by atoms with Crippen LogP contribution < -0.4 is 4.90 Å². The lowest BCUT2D eigenvalue weighted by Crippen LogP contribution is -2.20. The molecule has 1 rings (SSSR count). The number of halogens is 1. The summed E-state index contributed by atoms with van der Waals surface area (Å²) in [6.45, 7) is 2.62. The maximum atomic E-state index is 10.6. The molecule has 0 aliphatic carbocycles. The van der Waals surface area contributed by atoms with Crippen LogP contribution in [0.4, 0.5) is 5.69 Å². The molecule has 0 N–H and O–H groups in total. The van der Waals surface area contributed by atoms with Gasteiger partial charge in [-0.05, 0) is 35.0 Å². The van der Waals surface area contributed by atoms with E-state index in [1.165, 1.54) is 0 Å². The summed E-state index contributed by atoms with van der Waals surface area (Å²) in [4.78, 5) is 12.2. The number of amides is 1. The zero-order valence-corrected chi connectivity index (χ0v) is 8.41. The van der Waals surface area contributed by atoms with E-state index in [4.69, 9.17) is 0 Å². The van der Waals surface area contributed by atoms with Gasteiger partial charge < -0.3 is 4.90 Å². The van der Waals surface area contributed by atoms with Crippen LogP contribution in [0.25, 0.3) is 0 Å². The van der Waals surface area contributed by atoms with Crippen LogP contribution in [0.1, 0.15) is 6.92 Å². The first kappa shape index (κ1) is 9.26. The molecule has 1 aromatic carbocycles. The van der Waals surface area contributed by atoms with Gasteiger partial charge in [0.1, 0.15) is 0 Å². The Labute approximate surface area is 80.3 Å². The summed E-state index contributed by atoms with van der Waals surface area (Å²) < 4.78 is 0.943. The van der Waals surface area contributed by atoms with Crippen LogP contribution in [0.2, 0.25) is 0 Å². The Morgan fingerprint density at radius 2 is 2.17 bits per heavy atom. The molecule has 64 valence electrons. The van der Waals surface area contributed by atoms with Gasteiger partial charge in [0.15, 0.2) is 0 Å². The van der Waals surface area contributed by atoms with Gasteiger partial charge in [0.2, 0.25) is 6.41 Å². The molecule has 0 aliphatic heterocycles. The maximum absolute atomic E-state index is 10.6. The van der Waals surface area contributed by atoms with Crippen molar-refractivity contribution < 1.29 is 4.79 Å². The van der Waals surface area contributed by atoms with Crippen molar-refractivity contribution in [1.82, 2.24) is 0 Å². The van der Waals surface area contributed by atoms with Crippen molar-refractivity contribution in [2.75, 3.05) is 11.4 Å². The average molecular weight is 228 g/mol. The molecular weight excluding hydrogens is 218 g/mol. The van der Waals surface area contributed by atoms with Crippen molar-refractivity contribution in [3.05, 3.63) is 28.7 Å². The third kappa shape index (κ3) is 1.85. The van der Waals surface area contributed by atoms with E-state index in [1.807, 2.05) is 31.2 Å². The van der Waals surface area contributed by atoms with Crippen molar-refractivity contribution in [3.63, 3.8) is 0 Å². The number of benzene rings is 1. The van der Waals surface area contributed by atoms with E-state index in [-0.39, 0.29) is 0 Å². The van der Waals surface area contributed by atoms with Gasteiger partial charge >= 0.3 is 0 Å². The van der Waals surface area contributed by atoms with Gasteiger partial charge in [-0.2, -0.15) is 0 Å². The Morgan fingerprint density at radius 3 is 2.67 bits per heavy atom. The second kappa shape index (κ2) is 4.26. The first-order valence-corrected chi connectivity index (χ1v) is 4.55. The van der Waals surface area contributed by atoms with Gasteiger partial charge in [-0.3, -0.25) is 4.79 Å². The lowest BCUT2D eigenvalue weighted by Gasteiger charge is -2.15. The maximum Gasteiger partial charge on any atom is 0.214 e. The molecule has 0 radical (unpaired) electrons. The van der Waals surface area contributed by atoms with Crippen LogP contribution in [0.5, 0.6) is 0 Å². The van der Waals surface area contributed by atoms with E-state index in [1.54, 1.807) is 4.90 Å². The summed E-state index contributed by atoms with van der Waals surface area (Å²) in [7, 11) is 0. The van der Waals surface area contributed by atoms with E-state index in [2.05, 4.69) is 15.9 Å². The van der Waals surface area contributed by atoms with E-state index < -0.39 is 0 Å². The molecule has 0 saturated carbocycles. The summed E-state index contributed by atoms with van der Waals surface area (Å²) >= 11 is 3.38. The molecule has 0 atom stereocenters. The summed E-state index contributed by atoms with van der Waals surface area (Å²) in [6.07, 6.45) is 0.833. The molecule has 0 saturated heterocycles. The fourth-order valence-electron chi connectivity index (χ4n) is 0.986. The van der Waals surface area contributed by atoms with Crippen molar-refractivity contribution in [3.8, 4) is 0 Å². The Hall–Kier alpha value is -0.830. The summed E-state index contributed by atoms with van der Waals surface area (Å²) in [5.41, 5.74) is 0.912. The van der Waals surface area contributed by atoms with E-state index in [0.29, 0.717) is 6.54 Å². The fourth-order valence-corrected chi connectivity index (χ4v) is 1.50. The van der Waals surface area contributed by atoms with Crippen LogP contribution in [-0.4, -0.2) is 13.0 Å². The van der Waals surface area contributed by atoms with Crippen molar-refractivity contribution in [1.29, 1.82) is 0 Å². The van der Waals surface area contributed by atoms with Gasteiger partial charge in [0.05, 0.1) is 5.69 Å². The number of anilines is 1. The molecule has 0 spiro atoms. The van der Waals surface area contributed by atoms with Gasteiger partial charge in [0.25, 0.3) is 0 Å². The Bertz CT molecular complexity index is 275. The molecule has 0 fully saturated rings. The molecule has 12 heavy (non-hydrogen) atoms. The van der Waals surface area contributed by atoms with Gasteiger partial charge in [-0.25, -0.2) is 0 Å². The predicted molar refractivity (Wildman–Crippen MR) is 53.2 cm³/mol. The number of rotatable bonds is 3. The highest BCUT2D eigenvalue weighted by molar-refractivity contribution is 9.10. The molecule has 0 unspecified atom stereocenters. The third-order valence-corrected chi connectivity index (χ3v) is 2.30. The van der Waals surface area contributed by atoms with Crippen molar-refractivity contribution in [2.45, 2.75) is 6.92 Å². The standard InChI is InChI=1S/C9H10BrNO/c1-2-11(7-12)9-6-4-3-5-8(9)10/h3-7H,2H2,1H3. The van der Waals surface area contributed by atoms with Crippen molar-refractivity contribution in [2.24, 2.45) is 0 Å². The second-order valence-electron chi connectivity index (χ2n) is 2.34. The molecule has 0 aromatic heterocycles. The zero-order valence-electron chi connectivity index (χ0n) is 6.83. The summed E-state index contributed by atoms with van der Waals surface area (Å²) in [5, 5.41) is 0. The number of carbonyl (C=O) groups is 1. The molecular formula is C9H10BrNO. The third-order valence-electron chi connectivity index (χ3n) is 1.63. The number of hydrogen-bond acceptors (Lipinski definition) is 1. The summed E-state index contributed by atoms with van der Waals surface area (Å²) in [5.74, 6) is 0. The van der Waals surface area contributed by atoms with E-state index >= 15 is 0 Å². The molecule has 3 heteroatoms. The summed E-state index contributed by atoms with van der Waals surface area (Å²) in [6, 6.07) is 7.65. The number of hydrogen-bond donors (Lipinski definition) is 0. The molecule has 0 heterocycles. The Kier molecular flexibility index (Phi) is 3.29. The minimum atomic E-state index is 0.687. The minimum Gasteiger partial charge on any atom is -0.314 e.